The van der Waals surface area contributed by atoms with Crippen molar-refractivity contribution in [1.29, 1.82) is 0 Å². The van der Waals surface area contributed by atoms with Crippen LogP contribution in [0.3, 0.4) is 0 Å². The quantitative estimate of drug-likeness (QED) is 0.326. The van der Waals surface area contributed by atoms with Crippen LogP contribution in [0.5, 0.6) is 0 Å². The molecule has 4 heterocycles. The van der Waals surface area contributed by atoms with Gasteiger partial charge in [0, 0.05) is 58.7 Å². The van der Waals surface area contributed by atoms with Crippen LogP contribution in [-0.2, 0) is 11.8 Å². The second-order valence-electron chi connectivity index (χ2n) is 13.1. The Bertz CT molecular complexity index is 1540. The second kappa shape index (κ2) is 10.3. The van der Waals surface area contributed by atoms with E-state index >= 15 is 0 Å². The van der Waals surface area contributed by atoms with E-state index in [1.54, 1.807) is 18.2 Å². The fourth-order valence-electron chi connectivity index (χ4n) is 6.22. The number of ketones is 1. The number of likely N-dealkylation sites (tertiary alicyclic amines) is 1. The molecule has 2 unspecified atom stereocenters. The SMILES string of the molecule is CC1Cc2oc(C(=O)C3=C[C@@]4(C)C(=CC=C(O)C4CN4CCCC4)N3)cc2C=C1NC(=O)Nc1cc(C(C)(C)C)on1. The number of aliphatic hydroxyl groups excluding tert-OH is 1. The summed E-state index contributed by atoms with van der Waals surface area (Å²) in [4.78, 5) is 28.8. The Morgan fingerprint density at radius 1 is 1.19 bits per heavy atom. The highest BCUT2D eigenvalue weighted by Gasteiger charge is 2.46. The van der Waals surface area contributed by atoms with E-state index in [-0.39, 0.29) is 28.8 Å². The highest BCUT2D eigenvalue weighted by atomic mass is 16.5. The molecule has 2 aromatic rings. The summed E-state index contributed by atoms with van der Waals surface area (Å²) < 4.78 is 11.4. The lowest BCUT2D eigenvalue weighted by Crippen LogP contribution is -2.39. The van der Waals surface area contributed by atoms with Gasteiger partial charge in [-0.2, -0.15) is 0 Å². The van der Waals surface area contributed by atoms with E-state index in [0.29, 0.717) is 40.9 Å². The molecule has 1 fully saturated rings. The van der Waals surface area contributed by atoms with E-state index in [2.05, 4.69) is 32.9 Å². The number of carbonyl (C=O) groups is 2. The lowest BCUT2D eigenvalue weighted by atomic mass is 9.71. The average Bonchev–Trinajstić information content (AvgIpc) is 3.72. The van der Waals surface area contributed by atoms with Gasteiger partial charge in [-0.05, 0) is 63.2 Å². The summed E-state index contributed by atoms with van der Waals surface area (Å²) in [6.07, 6.45) is 10.3. The topological polar surface area (TPSA) is 133 Å². The number of rotatable bonds is 6. The first-order valence-corrected chi connectivity index (χ1v) is 14.7. The number of nitrogens with one attached hydrogen (secondary N) is 3. The number of furan rings is 1. The van der Waals surface area contributed by atoms with Crippen molar-refractivity contribution in [3.63, 3.8) is 0 Å². The van der Waals surface area contributed by atoms with Crippen LogP contribution < -0.4 is 16.0 Å². The predicted molar refractivity (Wildman–Crippen MR) is 159 cm³/mol. The third-order valence-electron chi connectivity index (χ3n) is 8.83. The van der Waals surface area contributed by atoms with Gasteiger partial charge in [0.25, 0.3) is 0 Å². The molecule has 0 aromatic carbocycles. The molecule has 1 saturated heterocycles. The molecule has 0 bridgehead atoms. The molecule has 2 aromatic heterocycles. The first-order valence-electron chi connectivity index (χ1n) is 14.7. The molecule has 10 heteroatoms. The van der Waals surface area contributed by atoms with Crippen LogP contribution >= 0.6 is 0 Å². The summed E-state index contributed by atoms with van der Waals surface area (Å²) in [5, 5.41) is 23.7. The zero-order valence-corrected chi connectivity index (χ0v) is 24.8. The maximum Gasteiger partial charge on any atom is 0.324 e. The van der Waals surface area contributed by atoms with Crippen LogP contribution in [0.25, 0.3) is 6.08 Å². The van der Waals surface area contributed by atoms with E-state index in [1.807, 2.05) is 45.9 Å². The summed E-state index contributed by atoms with van der Waals surface area (Å²) in [5.41, 5.74) is 2.08. The van der Waals surface area contributed by atoms with Crippen molar-refractivity contribution >= 4 is 23.7 Å². The van der Waals surface area contributed by atoms with Gasteiger partial charge in [0.05, 0.1) is 11.5 Å². The van der Waals surface area contributed by atoms with Gasteiger partial charge < -0.3 is 29.6 Å². The molecule has 222 valence electrons. The van der Waals surface area contributed by atoms with E-state index in [9.17, 15) is 14.7 Å². The number of allylic oxidation sites excluding steroid dienone is 5. The number of hydrogen-bond acceptors (Lipinski definition) is 8. The van der Waals surface area contributed by atoms with Gasteiger partial charge in [0.2, 0.25) is 5.78 Å². The van der Waals surface area contributed by atoms with E-state index in [0.717, 1.165) is 30.9 Å². The lowest BCUT2D eigenvalue weighted by Gasteiger charge is -2.37. The number of hydrogen-bond donors (Lipinski definition) is 4. The van der Waals surface area contributed by atoms with Gasteiger partial charge in [-0.15, -0.1) is 0 Å². The van der Waals surface area contributed by atoms with E-state index < -0.39 is 11.4 Å². The summed E-state index contributed by atoms with van der Waals surface area (Å²) in [6.45, 7) is 12.9. The predicted octanol–water partition coefficient (Wildman–Crippen LogP) is 5.65. The van der Waals surface area contributed by atoms with Gasteiger partial charge in [-0.1, -0.05) is 32.9 Å². The number of Topliss-reactive ketones (excluding diaryl/α,β-unsaturated/α-hetero) is 1. The fourth-order valence-corrected chi connectivity index (χ4v) is 6.22. The Balaban J connectivity index is 1.17. The molecule has 4 aliphatic rings. The number of carbonyl (C=O) groups excluding carboxylic acids is 2. The van der Waals surface area contributed by atoms with Crippen molar-refractivity contribution in [3.8, 4) is 0 Å². The standard InChI is InChI=1S/C32H39N5O5/c1-18-12-24-19(13-21(18)34-30(40)35-28-15-27(42-36-28)31(2,3)4)14-25(41-24)29(39)22-16-32(5)20(17-37-10-6-7-11-37)23(38)8-9-26(32)33-22/h8-9,13-16,18,20,33,38H,6-7,10-12,17H2,1-5H3,(H2,34,35,36,40)/t18?,20?,32-/m1/s1. The first kappa shape index (κ1) is 28.1. The second-order valence-corrected chi connectivity index (χ2v) is 13.1. The van der Waals surface area contributed by atoms with Gasteiger partial charge in [0.1, 0.15) is 11.5 Å². The Morgan fingerprint density at radius 2 is 1.95 bits per heavy atom. The number of aromatic nitrogens is 1. The molecule has 6 rings (SSSR count). The normalized spacial score (nSPS) is 25.5. The van der Waals surface area contributed by atoms with Crippen LogP contribution in [-0.4, -0.2) is 46.6 Å². The zero-order valence-electron chi connectivity index (χ0n) is 24.8. The minimum absolute atomic E-state index is 0.0315. The highest BCUT2D eigenvalue weighted by Crippen LogP contribution is 2.47. The minimum atomic E-state index is -0.519. The molecular formula is C32H39N5O5. The Morgan fingerprint density at radius 3 is 2.67 bits per heavy atom. The van der Waals surface area contributed by atoms with Crippen LogP contribution in [0.1, 0.15) is 75.1 Å². The number of aliphatic hydroxyl groups is 1. The monoisotopic (exact) mass is 573 g/mol. The highest BCUT2D eigenvalue weighted by molar-refractivity contribution is 6.07. The summed E-state index contributed by atoms with van der Waals surface area (Å²) in [6, 6.07) is 3.03. The Hall–Kier alpha value is -4.05. The van der Waals surface area contributed by atoms with Crippen LogP contribution in [0, 0.1) is 17.3 Å². The molecule has 0 spiro atoms. The van der Waals surface area contributed by atoms with Crippen molar-refractivity contribution in [3.05, 3.63) is 76.1 Å². The number of nitrogens with zero attached hydrogens (tertiary/aromatic N) is 2. The molecular weight excluding hydrogens is 534 g/mol. The van der Waals surface area contributed by atoms with E-state index in [1.165, 1.54) is 12.8 Å². The first-order chi connectivity index (χ1) is 19.9. The van der Waals surface area contributed by atoms with Crippen molar-refractivity contribution in [1.82, 2.24) is 20.7 Å². The molecule has 10 nitrogen and oxygen atoms in total. The van der Waals surface area contributed by atoms with Crippen molar-refractivity contribution < 1.29 is 23.6 Å². The number of amides is 2. The zero-order chi connectivity index (χ0) is 29.8. The molecule has 0 saturated carbocycles. The van der Waals surface area contributed by atoms with Gasteiger partial charge in [-0.25, -0.2) is 4.79 Å². The molecule has 2 aliphatic carbocycles. The summed E-state index contributed by atoms with van der Waals surface area (Å²) in [5.74, 6) is 1.89. The average molecular weight is 574 g/mol. The largest absolute Gasteiger partial charge is 0.512 e. The number of anilines is 1. The maximum absolute atomic E-state index is 13.6. The third-order valence-corrected chi connectivity index (χ3v) is 8.83. The molecule has 0 radical (unpaired) electrons. The lowest BCUT2D eigenvalue weighted by molar-refractivity contribution is 0.0997. The van der Waals surface area contributed by atoms with Crippen molar-refractivity contribution in [2.24, 2.45) is 17.3 Å². The third kappa shape index (κ3) is 5.19. The summed E-state index contributed by atoms with van der Waals surface area (Å²) >= 11 is 0. The molecule has 42 heavy (non-hydrogen) atoms. The smallest absolute Gasteiger partial charge is 0.324 e. The van der Waals surface area contributed by atoms with Gasteiger partial charge >= 0.3 is 6.03 Å². The fraction of sp³-hybridized carbons (Fsp3) is 0.469. The Kier molecular flexibility index (Phi) is 6.92. The maximum atomic E-state index is 13.6. The molecule has 4 N–H and O–H groups in total. The van der Waals surface area contributed by atoms with Crippen LogP contribution in [0.4, 0.5) is 10.6 Å². The van der Waals surface area contributed by atoms with Crippen molar-refractivity contribution in [2.75, 3.05) is 25.0 Å². The molecule has 2 aliphatic heterocycles. The Labute approximate surface area is 245 Å². The number of fused-ring (bicyclic) bond motifs is 2. The van der Waals surface area contributed by atoms with Gasteiger partial charge in [-0.3, -0.25) is 10.1 Å². The minimum Gasteiger partial charge on any atom is -0.512 e. The van der Waals surface area contributed by atoms with E-state index in [4.69, 9.17) is 8.94 Å². The van der Waals surface area contributed by atoms with Crippen LogP contribution in [0.2, 0.25) is 0 Å². The number of urea groups is 1. The molecule has 3 atom stereocenters. The van der Waals surface area contributed by atoms with Crippen LogP contribution in [0.15, 0.2) is 62.2 Å². The molecule has 2 amide bonds. The van der Waals surface area contributed by atoms with Crippen molar-refractivity contribution in [2.45, 2.75) is 59.3 Å². The summed E-state index contributed by atoms with van der Waals surface area (Å²) in [7, 11) is 0. The van der Waals surface area contributed by atoms with Gasteiger partial charge in [0.15, 0.2) is 11.6 Å².